The summed E-state index contributed by atoms with van der Waals surface area (Å²) in [7, 11) is 0. The quantitative estimate of drug-likeness (QED) is 0.622. The lowest BCUT2D eigenvalue weighted by Crippen LogP contribution is -2.37. The normalized spacial score (nSPS) is 14.6. The average molecular weight is 248 g/mol. The minimum Gasteiger partial charge on any atom is -0.480 e. The van der Waals surface area contributed by atoms with Gasteiger partial charge in [0.15, 0.2) is 0 Å². The lowest BCUT2D eigenvalue weighted by atomic mass is 10.0. The molecule has 1 aromatic carbocycles. The van der Waals surface area contributed by atoms with Crippen molar-refractivity contribution in [3.05, 3.63) is 34.9 Å². The van der Waals surface area contributed by atoms with Crippen LogP contribution in [0.2, 0.25) is 0 Å². The third-order valence-electron chi connectivity index (χ3n) is 2.87. The van der Waals surface area contributed by atoms with Gasteiger partial charge >= 0.3 is 5.97 Å². The number of carboxylic acid groups (broad SMARTS) is 1. The molecule has 0 aliphatic carbocycles. The van der Waals surface area contributed by atoms with Gasteiger partial charge in [-0.2, -0.15) is 0 Å². The van der Waals surface area contributed by atoms with Crippen LogP contribution in [-0.2, 0) is 22.6 Å². The van der Waals surface area contributed by atoms with Crippen LogP contribution in [0.3, 0.4) is 0 Å². The predicted octanol–water partition coefficient (Wildman–Crippen LogP) is -0.328. The number of carbonyl (C=O) groups is 3. The van der Waals surface area contributed by atoms with Gasteiger partial charge in [-0.25, -0.2) is 4.79 Å². The maximum absolute atomic E-state index is 11.5. The van der Waals surface area contributed by atoms with Crippen LogP contribution in [0.15, 0.2) is 18.2 Å². The minimum atomic E-state index is -1.10. The maximum atomic E-state index is 11.5. The van der Waals surface area contributed by atoms with Crippen LogP contribution in [-0.4, -0.2) is 29.4 Å². The molecule has 0 fully saturated rings. The lowest BCUT2D eigenvalue weighted by Gasteiger charge is -2.11. The van der Waals surface area contributed by atoms with Crippen molar-refractivity contribution >= 4 is 18.3 Å². The van der Waals surface area contributed by atoms with Crippen molar-refractivity contribution in [3.63, 3.8) is 0 Å². The Hall–Kier alpha value is -2.37. The fourth-order valence-electron chi connectivity index (χ4n) is 1.92. The molecule has 0 saturated heterocycles. The van der Waals surface area contributed by atoms with Crippen molar-refractivity contribution < 1.29 is 19.5 Å². The van der Waals surface area contributed by atoms with Gasteiger partial charge in [0.2, 0.25) is 6.41 Å². The molecule has 3 N–H and O–H groups in total. The Balaban J connectivity index is 2.19. The number of fused-ring (bicyclic) bond motifs is 1. The highest BCUT2D eigenvalue weighted by Gasteiger charge is 2.21. The number of aliphatic carboxylic acids is 1. The molecule has 0 radical (unpaired) electrons. The third-order valence-corrected chi connectivity index (χ3v) is 2.87. The second-order valence-corrected chi connectivity index (χ2v) is 4.05. The second-order valence-electron chi connectivity index (χ2n) is 4.05. The fraction of sp³-hybridized carbons (Fsp3) is 0.250. The van der Waals surface area contributed by atoms with Gasteiger partial charge in [0.05, 0.1) is 0 Å². The molecule has 6 heteroatoms. The number of hydrogen-bond donors (Lipinski definition) is 3. The van der Waals surface area contributed by atoms with Crippen molar-refractivity contribution in [2.45, 2.75) is 19.0 Å². The molecule has 1 aliphatic heterocycles. The molecule has 2 amide bonds. The van der Waals surface area contributed by atoms with E-state index in [4.69, 9.17) is 5.11 Å². The minimum absolute atomic E-state index is 0.147. The molecule has 94 valence electrons. The van der Waals surface area contributed by atoms with Crippen LogP contribution in [0.25, 0.3) is 0 Å². The smallest absolute Gasteiger partial charge is 0.326 e. The summed E-state index contributed by atoms with van der Waals surface area (Å²) in [5.41, 5.74) is 2.18. The Morgan fingerprint density at radius 3 is 3.00 bits per heavy atom. The second kappa shape index (κ2) is 4.87. The standard InChI is InChI=1S/C12H12N2O4/c15-6-14-10(12(17)18)4-7-1-2-8-5-13-11(16)9(8)3-7/h1-3,6,10H,4-5H2,(H,13,16)(H,14,15)(H,17,18)/t10-/m0/s1. The van der Waals surface area contributed by atoms with Crippen molar-refractivity contribution in [2.24, 2.45) is 0 Å². The van der Waals surface area contributed by atoms with E-state index in [0.717, 1.165) is 5.56 Å². The highest BCUT2D eigenvalue weighted by Crippen LogP contribution is 2.18. The fourth-order valence-corrected chi connectivity index (χ4v) is 1.92. The van der Waals surface area contributed by atoms with Gasteiger partial charge in [0, 0.05) is 18.5 Å². The summed E-state index contributed by atoms with van der Waals surface area (Å²) in [6, 6.07) is 4.24. The number of amides is 2. The van der Waals surface area contributed by atoms with Crippen molar-refractivity contribution in [3.8, 4) is 0 Å². The summed E-state index contributed by atoms with van der Waals surface area (Å²) in [6.07, 6.45) is 0.507. The van der Waals surface area contributed by atoms with E-state index in [-0.39, 0.29) is 12.3 Å². The van der Waals surface area contributed by atoms with E-state index in [2.05, 4.69) is 10.6 Å². The van der Waals surface area contributed by atoms with Crippen molar-refractivity contribution in [1.82, 2.24) is 10.6 Å². The topological polar surface area (TPSA) is 95.5 Å². The molecule has 18 heavy (non-hydrogen) atoms. The first-order chi connectivity index (χ1) is 8.61. The maximum Gasteiger partial charge on any atom is 0.326 e. The average Bonchev–Trinajstić information content (AvgIpc) is 2.70. The summed E-state index contributed by atoms with van der Waals surface area (Å²) in [5.74, 6) is -1.26. The van der Waals surface area contributed by atoms with Crippen molar-refractivity contribution in [2.75, 3.05) is 0 Å². The summed E-state index contributed by atoms with van der Waals surface area (Å²) in [4.78, 5) is 32.7. The molecule has 6 nitrogen and oxygen atoms in total. The molecular formula is C12H12N2O4. The van der Waals surface area contributed by atoms with Crippen molar-refractivity contribution in [1.29, 1.82) is 0 Å². The van der Waals surface area contributed by atoms with Crippen LogP contribution in [0.1, 0.15) is 21.5 Å². The van der Waals surface area contributed by atoms with Gasteiger partial charge in [-0.3, -0.25) is 9.59 Å². The molecule has 2 rings (SSSR count). The van der Waals surface area contributed by atoms with E-state index >= 15 is 0 Å². The Morgan fingerprint density at radius 1 is 1.56 bits per heavy atom. The molecule has 1 atom stereocenters. The van der Waals surface area contributed by atoms with E-state index in [1.807, 2.05) is 0 Å². The summed E-state index contributed by atoms with van der Waals surface area (Å²) in [5, 5.41) is 13.8. The van der Waals surface area contributed by atoms with E-state index in [1.54, 1.807) is 18.2 Å². The van der Waals surface area contributed by atoms with Crippen LogP contribution in [0.4, 0.5) is 0 Å². The monoisotopic (exact) mass is 248 g/mol. The van der Waals surface area contributed by atoms with Gasteiger partial charge in [0.25, 0.3) is 5.91 Å². The highest BCUT2D eigenvalue weighted by molar-refractivity contribution is 5.98. The molecular weight excluding hydrogens is 236 g/mol. The number of carboxylic acids is 1. The lowest BCUT2D eigenvalue weighted by molar-refractivity contribution is -0.140. The molecule has 0 spiro atoms. The van der Waals surface area contributed by atoms with Gasteiger partial charge in [0.1, 0.15) is 6.04 Å². The SMILES string of the molecule is O=CN[C@@H](Cc1ccc2c(c1)C(=O)NC2)C(=O)O. The van der Waals surface area contributed by atoms with Crippen LogP contribution in [0, 0.1) is 0 Å². The molecule has 0 bridgehead atoms. The van der Waals surface area contributed by atoms with Crippen LogP contribution in [0.5, 0.6) is 0 Å². The molecule has 0 saturated carbocycles. The van der Waals surface area contributed by atoms with Gasteiger partial charge in [-0.05, 0) is 17.2 Å². The number of carbonyl (C=O) groups excluding carboxylic acids is 2. The highest BCUT2D eigenvalue weighted by atomic mass is 16.4. The Morgan fingerprint density at radius 2 is 2.33 bits per heavy atom. The summed E-state index contributed by atoms with van der Waals surface area (Å²) in [6.45, 7) is 0.503. The third kappa shape index (κ3) is 2.32. The van der Waals surface area contributed by atoms with E-state index in [0.29, 0.717) is 24.1 Å². The molecule has 0 aromatic heterocycles. The van der Waals surface area contributed by atoms with E-state index < -0.39 is 12.0 Å². The first kappa shape index (κ1) is 12.1. The predicted molar refractivity (Wildman–Crippen MR) is 61.9 cm³/mol. The van der Waals surface area contributed by atoms with Gasteiger partial charge < -0.3 is 15.7 Å². The summed E-state index contributed by atoms with van der Waals surface area (Å²) >= 11 is 0. The zero-order valence-electron chi connectivity index (χ0n) is 9.47. The molecule has 0 unspecified atom stereocenters. The zero-order chi connectivity index (χ0) is 13.1. The summed E-state index contributed by atoms with van der Waals surface area (Å²) < 4.78 is 0. The Kier molecular flexibility index (Phi) is 3.27. The van der Waals surface area contributed by atoms with Crippen LogP contribution >= 0.6 is 0 Å². The number of rotatable bonds is 5. The molecule has 1 heterocycles. The van der Waals surface area contributed by atoms with E-state index in [1.165, 1.54) is 0 Å². The van der Waals surface area contributed by atoms with Gasteiger partial charge in [-0.15, -0.1) is 0 Å². The number of benzene rings is 1. The Labute approximate surface area is 103 Å². The number of hydrogen-bond acceptors (Lipinski definition) is 3. The van der Waals surface area contributed by atoms with Crippen LogP contribution < -0.4 is 10.6 Å². The Bertz CT molecular complexity index is 513. The molecule has 1 aromatic rings. The molecule has 1 aliphatic rings. The first-order valence-corrected chi connectivity index (χ1v) is 5.44. The largest absolute Gasteiger partial charge is 0.480 e. The van der Waals surface area contributed by atoms with E-state index in [9.17, 15) is 14.4 Å². The number of nitrogens with one attached hydrogen (secondary N) is 2. The first-order valence-electron chi connectivity index (χ1n) is 5.44. The zero-order valence-corrected chi connectivity index (χ0v) is 9.47. The van der Waals surface area contributed by atoms with Gasteiger partial charge in [-0.1, -0.05) is 12.1 Å².